The standard InChI is InChI=1S/C18H23N3O3S2/c1-13(2)9-21(14-7-8-26(23,24)11-14)17(22)10-25-18-15-5-3-4-6-16(15)19-12-20-18/h3-6,12-14H,7-11H2,1-2H3/t14-/m0/s1. The molecule has 0 aliphatic carbocycles. The van der Waals surface area contributed by atoms with E-state index in [1.54, 1.807) is 4.90 Å². The van der Waals surface area contributed by atoms with E-state index in [4.69, 9.17) is 0 Å². The molecule has 26 heavy (non-hydrogen) atoms. The van der Waals surface area contributed by atoms with Gasteiger partial charge < -0.3 is 4.90 Å². The van der Waals surface area contributed by atoms with Crippen LogP contribution in [0.1, 0.15) is 20.3 Å². The first-order valence-electron chi connectivity index (χ1n) is 8.68. The number of thioether (sulfide) groups is 1. The van der Waals surface area contributed by atoms with Gasteiger partial charge in [0.1, 0.15) is 11.4 Å². The number of sulfone groups is 1. The second-order valence-electron chi connectivity index (χ2n) is 6.98. The molecule has 2 heterocycles. The van der Waals surface area contributed by atoms with Gasteiger partial charge in [0.05, 0.1) is 22.8 Å². The van der Waals surface area contributed by atoms with Crippen molar-refractivity contribution in [3.05, 3.63) is 30.6 Å². The van der Waals surface area contributed by atoms with Gasteiger partial charge in [-0.3, -0.25) is 4.79 Å². The highest BCUT2D eigenvalue weighted by atomic mass is 32.2. The number of benzene rings is 1. The minimum atomic E-state index is -3.03. The van der Waals surface area contributed by atoms with E-state index in [2.05, 4.69) is 9.97 Å². The van der Waals surface area contributed by atoms with Crippen LogP contribution in [0.2, 0.25) is 0 Å². The summed E-state index contributed by atoms with van der Waals surface area (Å²) in [7, 11) is -3.03. The molecule has 6 nitrogen and oxygen atoms in total. The highest BCUT2D eigenvalue weighted by Gasteiger charge is 2.34. The number of fused-ring (bicyclic) bond motifs is 1. The molecule has 1 saturated heterocycles. The van der Waals surface area contributed by atoms with Crippen molar-refractivity contribution in [1.29, 1.82) is 0 Å². The third-order valence-corrected chi connectivity index (χ3v) is 7.11. The molecule has 0 unspecified atom stereocenters. The molecule has 8 heteroatoms. The maximum absolute atomic E-state index is 12.9. The van der Waals surface area contributed by atoms with Crippen molar-refractivity contribution in [3.8, 4) is 0 Å². The normalized spacial score (nSPS) is 19.1. The number of rotatable bonds is 6. The molecule has 1 aromatic carbocycles. The number of para-hydroxylation sites is 1. The summed E-state index contributed by atoms with van der Waals surface area (Å²) in [5, 5.41) is 1.69. The molecular weight excluding hydrogens is 370 g/mol. The zero-order valence-electron chi connectivity index (χ0n) is 15.0. The molecule has 3 rings (SSSR count). The van der Waals surface area contributed by atoms with Gasteiger partial charge in [0.25, 0.3) is 0 Å². The van der Waals surface area contributed by atoms with E-state index in [0.29, 0.717) is 13.0 Å². The van der Waals surface area contributed by atoms with Crippen LogP contribution < -0.4 is 0 Å². The van der Waals surface area contributed by atoms with Gasteiger partial charge in [-0.2, -0.15) is 0 Å². The second kappa shape index (κ2) is 7.92. The number of aromatic nitrogens is 2. The van der Waals surface area contributed by atoms with Crippen molar-refractivity contribution in [2.24, 2.45) is 5.92 Å². The third kappa shape index (κ3) is 4.54. The molecule has 0 saturated carbocycles. The Kier molecular flexibility index (Phi) is 5.82. The quantitative estimate of drug-likeness (QED) is 0.554. The SMILES string of the molecule is CC(C)CN(C(=O)CSc1ncnc2ccccc12)[C@H]1CCS(=O)(=O)C1. The number of carbonyl (C=O) groups excluding carboxylic acids is 1. The van der Waals surface area contributed by atoms with Gasteiger partial charge in [0.15, 0.2) is 9.84 Å². The van der Waals surface area contributed by atoms with Crippen molar-refractivity contribution in [1.82, 2.24) is 14.9 Å². The predicted molar refractivity (Wildman–Crippen MR) is 104 cm³/mol. The van der Waals surface area contributed by atoms with Crippen molar-refractivity contribution >= 4 is 38.4 Å². The molecular formula is C18H23N3O3S2. The van der Waals surface area contributed by atoms with Crippen LogP contribution in [-0.4, -0.2) is 59.0 Å². The fourth-order valence-corrected chi connectivity index (χ4v) is 5.78. The van der Waals surface area contributed by atoms with Gasteiger partial charge in [0, 0.05) is 18.0 Å². The number of hydrogen-bond acceptors (Lipinski definition) is 6. The predicted octanol–water partition coefficient (Wildman–Crippen LogP) is 2.39. The molecule has 0 N–H and O–H groups in total. The Labute approximate surface area is 158 Å². The van der Waals surface area contributed by atoms with E-state index >= 15 is 0 Å². The highest BCUT2D eigenvalue weighted by molar-refractivity contribution is 8.00. The van der Waals surface area contributed by atoms with Crippen molar-refractivity contribution in [2.75, 3.05) is 23.8 Å². The zero-order chi connectivity index (χ0) is 18.7. The van der Waals surface area contributed by atoms with Crippen molar-refractivity contribution in [2.45, 2.75) is 31.3 Å². The van der Waals surface area contributed by atoms with E-state index in [9.17, 15) is 13.2 Å². The molecule has 1 fully saturated rings. The molecule has 140 valence electrons. The summed E-state index contributed by atoms with van der Waals surface area (Å²) < 4.78 is 23.6. The Bertz CT molecular complexity index is 894. The summed E-state index contributed by atoms with van der Waals surface area (Å²) in [6.07, 6.45) is 2.03. The van der Waals surface area contributed by atoms with E-state index in [-0.39, 0.29) is 35.1 Å². The maximum atomic E-state index is 12.9. The zero-order valence-corrected chi connectivity index (χ0v) is 16.6. The summed E-state index contributed by atoms with van der Waals surface area (Å²) in [6.45, 7) is 4.65. The number of hydrogen-bond donors (Lipinski definition) is 0. The van der Waals surface area contributed by atoms with Crippen LogP contribution in [0.4, 0.5) is 0 Å². The summed E-state index contributed by atoms with van der Waals surface area (Å²) in [5.41, 5.74) is 0.846. The van der Waals surface area contributed by atoms with Crippen molar-refractivity contribution < 1.29 is 13.2 Å². The van der Waals surface area contributed by atoms with E-state index in [0.717, 1.165) is 15.9 Å². The molecule has 1 aliphatic rings. The summed E-state index contributed by atoms with van der Waals surface area (Å²) in [4.78, 5) is 23.1. The first-order chi connectivity index (χ1) is 12.4. The molecule has 1 amide bonds. The molecule has 2 aromatic rings. The molecule has 0 radical (unpaired) electrons. The van der Waals surface area contributed by atoms with Crippen LogP contribution in [0.15, 0.2) is 35.6 Å². The van der Waals surface area contributed by atoms with Gasteiger partial charge in [-0.05, 0) is 18.4 Å². The third-order valence-electron chi connectivity index (χ3n) is 4.37. The van der Waals surface area contributed by atoms with Crippen molar-refractivity contribution in [3.63, 3.8) is 0 Å². The largest absolute Gasteiger partial charge is 0.338 e. The molecule has 0 bridgehead atoms. The maximum Gasteiger partial charge on any atom is 0.233 e. The smallest absolute Gasteiger partial charge is 0.233 e. The lowest BCUT2D eigenvalue weighted by molar-refractivity contribution is -0.130. The topological polar surface area (TPSA) is 80.2 Å². The molecule has 1 aromatic heterocycles. The van der Waals surface area contributed by atoms with E-state index < -0.39 is 9.84 Å². The highest BCUT2D eigenvalue weighted by Crippen LogP contribution is 2.26. The van der Waals surface area contributed by atoms with Crippen LogP contribution in [0.3, 0.4) is 0 Å². The second-order valence-corrected chi connectivity index (χ2v) is 10.2. The Morgan fingerprint density at radius 3 is 2.77 bits per heavy atom. The lowest BCUT2D eigenvalue weighted by Crippen LogP contribution is -2.44. The Morgan fingerprint density at radius 2 is 2.08 bits per heavy atom. The lowest BCUT2D eigenvalue weighted by Gasteiger charge is -2.30. The fraction of sp³-hybridized carbons (Fsp3) is 0.500. The molecule has 0 spiro atoms. The average Bonchev–Trinajstić information content (AvgIpc) is 2.97. The Hall–Kier alpha value is -1.67. The first-order valence-corrected chi connectivity index (χ1v) is 11.5. The van der Waals surface area contributed by atoms with Crippen LogP contribution in [-0.2, 0) is 14.6 Å². The average molecular weight is 394 g/mol. The molecule has 1 aliphatic heterocycles. The summed E-state index contributed by atoms with van der Waals surface area (Å²) >= 11 is 1.38. The molecule has 1 atom stereocenters. The van der Waals surface area contributed by atoms with E-state index in [1.807, 2.05) is 38.1 Å². The van der Waals surface area contributed by atoms with Gasteiger partial charge >= 0.3 is 0 Å². The lowest BCUT2D eigenvalue weighted by atomic mass is 10.1. The van der Waals surface area contributed by atoms with Gasteiger partial charge in [0.2, 0.25) is 5.91 Å². The van der Waals surface area contributed by atoms with Gasteiger partial charge in [-0.25, -0.2) is 18.4 Å². The van der Waals surface area contributed by atoms with Gasteiger partial charge in [-0.1, -0.05) is 43.8 Å². The minimum absolute atomic E-state index is 0.0338. The van der Waals surface area contributed by atoms with E-state index in [1.165, 1.54) is 18.1 Å². The minimum Gasteiger partial charge on any atom is -0.338 e. The Morgan fingerprint density at radius 1 is 1.31 bits per heavy atom. The van der Waals surface area contributed by atoms with Crippen LogP contribution in [0.5, 0.6) is 0 Å². The van der Waals surface area contributed by atoms with Crippen LogP contribution in [0.25, 0.3) is 10.9 Å². The Balaban J connectivity index is 1.73. The first kappa shape index (κ1) is 19.1. The summed E-state index contributed by atoms with van der Waals surface area (Å²) in [6, 6.07) is 7.48. The van der Waals surface area contributed by atoms with Gasteiger partial charge in [-0.15, -0.1) is 0 Å². The number of carbonyl (C=O) groups is 1. The monoisotopic (exact) mass is 393 g/mol. The van der Waals surface area contributed by atoms with Crippen LogP contribution >= 0.6 is 11.8 Å². The fourth-order valence-electron chi connectivity index (χ4n) is 3.18. The van der Waals surface area contributed by atoms with Crippen LogP contribution in [0, 0.1) is 5.92 Å². The number of nitrogens with zero attached hydrogens (tertiary/aromatic N) is 3. The summed E-state index contributed by atoms with van der Waals surface area (Å²) in [5.74, 6) is 0.737. The number of amides is 1.